The number of nitrogens with zero attached hydrogens (tertiary/aromatic N) is 5. The lowest BCUT2D eigenvalue weighted by molar-refractivity contribution is -0.121. The van der Waals surface area contributed by atoms with Crippen molar-refractivity contribution in [3.63, 3.8) is 0 Å². The van der Waals surface area contributed by atoms with Crippen LogP contribution in [0.3, 0.4) is 0 Å². The molecular formula is C22H24N6O3S. The van der Waals surface area contributed by atoms with Crippen molar-refractivity contribution in [3.05, 3.63) is 60.2 Å². The highest BCUT2D eigenvalue weighted by atomic mass is 32.2. The van der Waals surface area contributed by atoms with Crippen molar-refractivity contribution >= 4 is 21.4 Å². The summed E-state index contributed by atoms with van der Waals surface area (Å²) in [4.78, 5) is 15.2. The van der Waals surface area contributed by atoms with E-state index in [1.807, 2.05) is 64.2 Å². The van der Waals surface area contributed by atoms with Crippen LogP contribution < -0.4 is 5.32 Å². The number of carbonyl (C=O) groups is 1. The van der Waals surface area contributed by atoms with Gasteiger partial charge in [0.2, 0.25) is 5.91 Å². The van der Waals surface area contributed by atoms with Crippen molar-refractivity contribution in [3.8, 4) is 11.4 Å². The highest BCUT2D eigenvalue weighted by Gasteiger charge is 2.32. The normalized spacial score (nSPS) is 19.4. The maximum Gasteiger partial charge on any atom is 0.246 e. The van der Waals surface area contributed by atoms with E-state index in [0.717, 1.165) is 29.8 Å². The van der Waals surface area contributed by atoms with Gasteiger partial charge < -0.3 is 5.32 Å². The molecule has 2 aliphatic rings. The lowest BCUT2D eigenvalue weighted by atomic mass is 10.0. The second-order valence-corrected chi connectivity index (χ2v) is 10.5. The molecule has 9 nitrogen and oxygen atoms in total. The molecule has 1 saturated carbocycles. The third-order valence-electron chi connectivity index (χ3n) is 5.90. The molecule has 1 N–H and O–H groups in total. The number of benzene rings is 2. The zero-order valence-corrected chi connectivity index (χ0v) is 18.3. The molecule has 1 atom stereocenters. The average molecular weight is 453 g/mol. The maximum atomic E-state index is 13.3. The first-order chi connectivity index (χ1) is 15.5. The fourth-order valence-corrected chi connectivity index (χ4v) is 5.24. The average Bonchev–Trinajstić information content (AvgIpc) is 3.53. The second-order valence-electron chi connectivity index (χ2n) is 8.25. The lowest BCUT2D eigenvalue weighted by Gasteiger charge is -2.33. The summed E-state index contributed by atoms with van der Waals surface area (Å²) in [5.74, 6) is 0.662. The van der Waals surface area contributed by atoms with E-state index in [9.17, 15) is 13.2 Å². The number of hydrogen-bond donors (Lipinski definition) is 1. The zero-order valence-electron chi connectivity index (χ0n) is 17.5. The van der Waals surface area contributed by atoms with Gasteiger partial charge in [0.15, 0.2) is 15.7 Å². The van der Waals surface area contributed by atoms with Crippen LogP contribution in [-0.2, 0) is 14.6 Å². The zero-order chi connectivity index (χ0) is 22.1. The van der Waals surface area contributed by atoms with Gasteiger partial charge >= 0.3 is 0 Å². The third-order valence-corrected chi connectivity index (χ3v) is 7.51. The van der Waals surface area contributed by atoms with Gasteiger partial charge in [-0.25, -0.2) is 13.1 Å². The molecule has 0 bridgehead atoms. The molecule has 1 aliphatic carbocycles. The van der Waals surface area contributed by atoms with Gasteiger partial charge in [-0.15, -0.1) is 5.10 Å². The monoisotopic (exact) mass is 452 g/mol. The molecule has 3 aromatic rings. The van der Waals surface area contributed by atoms with Crippen molar-refractivity contribution < 1.29 is 13.2 Å². The number of aromatic nitrogens is 4. The molecule has 32 heavy (non-hydrogen) atoms. The second kappa shape index (κ2) is 8.44. The summed E-state index contributed by atoms with van der Waals surface area (Å²) in [6.45, 7) is 0.663. The smallest absolute Gasteiger partial charge is 0.246 e. The summed E-state index contributed by atoms with van der Waals surface area (Å²) in [5, 5.41) is 15.0. The number of sulfone groups is 1. The van der Waals surface area contributed by atoms with Crippen LogP contribution in [0.15, 0.2) is 54.6 Å². The van der Waals surface area contributed by atoms with E-state index in [1.165, 1.54) is 0 Å². The molecule has 0 radical (unpaired) electrons. The molecule has 1 aliphatic heterocycles. The van der Waals surface area contributed by atoms with Crippen molar-refractivity contribution in [1.29, 1.82) is 0 Å². The first-order valence-electron chi connectivity index (χ1n) is 10.7. The molecule has 2 heterocycles. The molecule has 10 heteroatoms. The first-order valence-corrected chi connectivity index (χ1v) is 12.5. The van der Waals surface area contributed by atoms with Gasteiger partial charge in [0.1, 0.15) is 6.04 Å². The Bertz CT molecular complexity index is 1190. The molecule has 1 amide bonds. The van der Waals surface area contributed by atoms with Crippen LogP contribution in [0, 0.1) is 0 Å². The number of nitrogens with one attached hydrogen (secondary N) is 1. The van der Waals surface area contributed by atoms with Crippen LogP contribution >= 0.6 is 0 Å². The Kier molecular flexibility index (Phi) is 5.48. The fraction of sp³-hybridized carbons (Fsp3) is 0.364. The van der Waals surface area contributed by atoms with E-state index in [2.05, 4.69) is 20.8 Å². The van der Waals surface area contributed by atoms with Gasteiger partial charge in [0.05, 0.1) is 17.5 Å². The highest BCUT2D eigenvalue weighted by Crippen LogP contribution is 2.36. The number of anilines is 1. The van der Waals surface area contributed by atoms with E-state index in [1.54, 1.807) is 0 Å². The number of carbonyl (C=O) groups excluding carboxylic acids is 1. The molecule has 166 valence electrons. The summed E-state index contributed by atoms with van der Waals surface area (Å²) in [7, 11) is -3.04. The Morgan fingerprint density at radius 2 is 1.69 bits per heavy atom. The largest absolute Gasteiger partial charge is 0.324 e. The Balaban J connectivity index is 1.34. The van der Waals surface area contributed by atoms with Crippen LogP contribution in [-0.4, -0.2) is 64.0 Å². The van der Waals surface area contributed by atoms with E-state index in [-0.39, 0.29) is 17.4 Å². The predicted molar refractivity (Wildman–Crippen MR) is 120 cm³/mol. The topological polar surface area (TPSA) is 110 Å². The molecule has 2 aromatic carbocycles. The first kappa shape index (κ1) is 20.8. The highest BCUT2D eigenvalue weighted by molar-refractivity contribution is 7.91. The minimum absolute atomic E-state index is 0.0635. The summed E-state index contributed by atoms with van der Waals surface area (Å²) >= 11 is 0. The van der Waals surface area contributed by atoms with Crippen molar-refractivity contribution in [1.82, 2.24) is 25.1 Å². The van der Waals surface area contributed by atoms with E-state index in [0.29, 0.717) is 24.8 Å². The maximum absolute atomic E-state index is 13.3. The Morgan fingerprint density at radius 1 is 1.00 bits per heavy atom. The quantitative estimate of drug-likeness (QED) is 0.610. The van der Waals surface area contributed by atoms with Gasteiger partial charge in [-0.2, -0.15) is 0 Å². The van der Waals surface area contributed by atoms with Gasteiger partial charge in [-0.1, -0.05) is 30.3 Å². The van der Waals surface area contributed by atoms with Gasteiger partial charge in [0, 0.05) is 24.3 Å². The van der Waals surface area contributed by atoms with Crippen molar-refractivity contribution in [2.45, 2.75) is 24.9 Å². The Labute approximate surface area is 186 Å². The van der Waals surface area contributed by atoms with Crippen molar-refractivity contribution in [2.75, 3.05) is 29.9 Å². The third kappa shape index (κ3) is 4.42. The molecule has 1 unspecified atom stereocenters. The van der Waals surface area contributed by atoms with E-state index < -0.39 is 15.9 Å². The van der Waals surface area contributed by atoms with Gasteiger partial charge in [-0.3, -0.25) is 9.69 Å². The molecular weight excluding hydrogens is 428 g/mol. The molecule has 2 fully saturated rings. The standard InChI is InChI=1S/C22H24N6O3S/c29-22(20(16-4-2-1-3-5-16)27-12-14-32(30,31)15-13-27)23-18-8-6-17(7-9-18)21-24-25-26-28(21)19-10-11-19/h1-9,19-20H,10-15H2,(H,23,29). The van der Waals surface area contributed by atoms with Crippen LogP contribution in [0.25, 0.3) is 11.4 Å². The summed E-state index contributed by atoms with van der Waals surface area (Å²) < 4.78 is 25.6. The van der Waals surface area contributed by atoms with Crippen LogP contribution in [0.4, 0.5) is 5.69 Å². The lowest BCUT2D eigenvalue weighted by Crippen LogP contribution is -2.46. The number of rotatable bonds is 6. The van der Waals surface area contributed by atoms with E-state index in [4.69, 9.17) is 0 Å². The summed E-state index contributed by atoms with van der Waals surface area (Å²) in [6.07, 6.45) is 2.18. The van der Waals surface area contributed by atoms with Crippen LogP contribution in [0.5, 0.6) is 0 Å². The minimum atomic E-state index is -3.04. The minimum Gasteiger partial charge on any atom is -0.324 e. The van der Waals surface area contributed by atoms with Crippen LogP contribution in [0.1, 0.15) is 30.5 Å². The molecule has 5 rings (SSSR count). The Hall–Kier alpha value is -3.11. The van der Waals surface area contributed by atoms with Crippen molar-refractivity contribution in [2.24, 2.45) is 0 Å². The summed E-state index contributed by atoms with van der Waals surface area (Å²) in [6, 6.07) is 16.7. The summed E-state index contributed by atoms with van der Waals surface area (Å²) in [5.41, 5.74) is 2.39. The number of hydrogen-bond acceptors (Lipinski definition) is 7. The number of tetrazole rings is 1. The molecule has 0 spiro atoms. The number of amides is 1. The van der Waals surface area contributed by atoms with E-state index >= 15 is 0 Å². The van der Waals surface area contributed by atoms with Crippen LogP contribution in [0.2, 0.25) is 0 Å². The SMILES string of the molecule is O=C(Nc1ccc(-c2nnnn2C2CC2)cc1)C(c1ccccc1)N1CCS(=O)(=O)CC1. The predicted octanol–water partition coefficient (Wildman–Crippen LogP) is 2.09. The van der Waals surface area contributed by atoms with Gasteiger partial charge in [0.25, 0.3) is 0 Å². The molecule has 1 aromatic heterocycles. The van der Waals surface area contributed by atoms with Gasteiger partial charge in [-0.05, 0) is 53.1 Å². The Morgan fingerprint density at radius 3 is 2.34 bits per heavy atom. The molecule has 1 saturated heterocycles. The fourth-order valence-electron chi connectivity index (χ4n) is 4.01.